The Hall–Kier alpha value is -3.22. The second kappa shape index (κ2) is 10.9. The lowest BCUT2D eigenvalue weighted by atomic mass is 9.95. The molecule has 7 heteroatoms. The Kier molecular flexibility index (Phi) is 7.98. The van der Waals surface area contributed by atoms with Gasteiger partial charge >= 0.3 is 0 Å². The molecule has 2 N–H and O–H groups in total. The highest BCUT2D eigenvalue weighted by molar-refractivity contribution is 5.94. The Morgan fingerprint density at radius 3 is 2.47 bits per heavy atom. The summed E-state index contributed by atoms with van der Waals surface area (Å²) < 4.78 is 17.1. The molecule has 0 spiro atoms. The highest BCUT2D eigenvalue weighted by Crippen LogP contribution is 2.33. The summed E-state index contributed by atoms with van der Waals surface area (Å²) in [4.78, 5) is 24.2. The van der Waals surface area contributed by atoms with Crippen molar-refractivity contribution in [2.45, 2.75) is 46.6 Å². The second-order valence-electron chi connectivity index (χ2n) is 8.02. The van der Waals surface area contributed by atoms with Crippen LogP contribution in [0.1, 0.15) is 51.3 Å². The summed E-state index contributed by atoms with van der Waals surface area (Å²) in [6.07, 6.45) is 1.12. The topological polar surface area (TPSA) is 85.9 Å². The zero-order valence-corrected chi connectivity index (χ0v) is 19.2. The zero-order valence-electron chi connectivity index (χ0n) is 19.2. The van der Waals surface area contributed by atoms with Crippen molar-refractivity contribution in [1.29, 1.82) is 0 Å². The zero-order chi connectivity index (χ0) is 23.1. The molecule has 2 aromatic carbocycles. The van der Waals surface area contributed by atoms with Crippen molar-refractivity contribution in [2.24, 2.45) is 5.92 Å². The lowest BCUT2D eigenvalue weighted by molar-refractivity contribution is -0.124. The molecular weight excluding hydrogens is 408 g/mol. The molecule has 0 bridgehead atoms. The minimum absolute atomic E-state index is 0.0204. The number of ether oxygens (including phenoxy) is 3. The van der Waals surface area contributed by atoms with Crippen LogP contribution in [0.3, 0.4) is 0 Å². The summed E-state index contributed by atoms with van der Waals surface area (Å²) in [6.45, 7) is 8.95. The lowest BCUT2D eigenvalue weighted by Crippen LogP contribution is -2.35. The molecule has 2 amide bonds. The highest BCUT2D eigenvalue weighted by atomic mass is 16.5. The van der Waals surface area contributed by atoms with Crippen LogP contribution < -0.4 is 24.8 Å². The van der Waals surface area contributed by atoms with Crippen molar-refractivity contribution < 1.29 is 23.8 Å². The number of carbonyl (C=O) groups excluding carboxylic acids is 2. The Bertz CT molecular complexity index is 957. The fourth-order valence-electron chi connectivity index (χ4n) is 3.71. The molecule has 1 atom stereocenters. The van der Waals surface area contributed by atoms with Crippen LogP contribution in [0.15, 0.2) is 36.4 Å². The number of fused-ring (bicyclic) bond motifs is 1. The molecule has 0 fully saturated rings. The first-order valence-electron chi connectivity index (χ1n) is 11.2. The van der Waals surface area contributed by atoms with Gasteiger partial charge in [-0.05, 0) is 67.6 Å². The predicted octanol–water partition coefficient (Wildman–Crippen LogP) is 4.26. The molecule has 0 radical (unpaired) electrons. The summed E-state index contributed by atoms with van der Waals surface area (Å²) in [5.74, 6) is 1.95. The average Bonchev–Trinajstić information content (AvgIpc) is 2.77. The van der Waals surface area contributed by atoms with Gasteiger partial charge in [-0.25, -0.2) is 0 Å². The van der Waals surface area contributed by atoms with Crippen molar-refractivity contribution >= 4 is 17.5 Å². The molecule has 2 aromatic rings. The molecule has 1 heterocycles. The molecule has 1 unspecified atom stereocenters. The quantitative estimate of drug-likeness (QED) is 0.577. The molecule has 0 saturated carbocycles. The number of amides is 2. The molecule has 1 aliphatic rings. The maximum absolute atomic E-state index is 12.7. The Balaban J connectivity index is 1.65. The lowest BCUT2D eigenvalue weighted by Gasteiger charge is -2.24. The van der Waals surface area contributed by atoms with E-state index in [1.54, 1.807) is 6.07 Å². The summed E-state index contributed by atoms with van der Waals surface area (Å²) in [6, 6.07) is 11.0. The summed E-state index contributed by atoms with van der Waals surface area (Å²) in [5.41, 5.74) is 2.77. The van der Waals surface area contributed by atoms with Gasteiger partial charge in [0.25, 0.3) is 5.91 Å². The first kappa shape index (κ1) is 23.4. The minimum Gasteiger partial charge on any atom is -0.490 e. The van der Waals surface area contributed by atoms with E-state index < -0.39 is 0 Å². The maximum Gasteiger partial charge on any atom is 0.258 e. The fourth-order valence-corrected chi connectivity index (χ4v) is 3.71. The summed E-state index contributed by atoms with van der Waals surface area (Å²) in [5, 5.41) is 5.92. The predicted molar refractivity (Wildman–Crippen MR) is 123 cm³/mol. The fraction of sp³-hybridized carbons (Fsp3) is 0.440. The number of hydrogen-bond donors (Lipinski definition) is 2. The summed E-state index contributed by atoms with van der Waals surface area (Å²) in [7, 11) is 0. The Morgan fingerprint density at radius 1 is 1.00 bits per heavy atom. The molecule has 1 aliphatic heterocycles. The third kappa shape index (κ3) is 5.93. The number of aryl methyl sites for hydroxylation is 1. The van der Waals surface area contributed by atoms with Gasteiger partial charge in [-0.15, -0.1) is 0 Å². The van der Waals surface area contributed by atoms with E-state index in [1.165, 1.54) is 0 Å². The Labute approximate surface area is 189 Å². The van der Waals surface area contributed by atoms with Crippen molar-refractivity contribution in [2.75, 3.05) is 25.1 Å². The third-order valence-corrected chi connectivity index (χ3v) is 5.25. The van der Waals surface area contributed by atoms with E-state index in [-0.39, 0.29) is 30.4 Å². The molecule has 7 nitrogen and oxygen atoms in total. The van der Waals surface area contributed by atoms with Crippen molar-refractivity contribution in [3.05, 3.63) is 47.5 Å². The van der Waals surface area contributed by atoms with Crippen molar-refractivity contribution in [1.82, 2.24) is 5.32 Å². The van der Waals surface area contributed by atoms with Crippen LogP contribution in [0.4, 0.5) is 5.69 Å². The van der Waals surface area contributed by atoms with E-state index in [2.05, 4.69) is 24.5 Å². The van der Waals surface area contributed by atoms with Crippen LogP contribution in [0.25, 0.3) is 0 Å². The maximum atomic E-state index is 12.7. The van der Waals surface area contributed by atoms with Crippen molar-refractivity contribution in [3.63, 3.8) is 0 Å². The van der Waals surface area contributed by atoms with E-state index in [1.807, 2.05) is 44.2 Å². The monoisotopic (exact) mass is 440 g/mol. The molecule has 0 aromatic heterocycles. The first-order chi connectivity index (χ1) is 15.4. The van der Waals surface area contributed by atoms with Crippen LogP contribution in [0.2, 0.25) is 0 Å². The van der Waals surface area contributed by atoms with Crippen LogP contribution in [0, 0.1) is 5.92 Å². The Morgan fingerprint density at radius 2 is 1.75 bits per heavy atom. The molecular formula is C25H32N2O5. The van der Waals surface area contributed by atoms with E-state index >= 15 is 0 Å². The minimum atomic E-state index is -0.207. The van der Waals surface area contributed by atoms with E-state index in [9.17, 15) is 9.59 Å². The standard InChI is InChI=1S/C25H32N2O5/c1-5-30-21-11-7-18(14-22(21)31-6-2)25(16(3)4)27-24(29)15-32-19-9-10-20-17(13-19)8-12-23(28)26-20/h7,9-11,13-14,16,25H,5-6,8,12,15H2,1-4H3,(H,26,28)(H,27,29). The van der Waals surface area contributed by atoms with Gasteiger partial charge in [0.15, 0.2) is 18.1 Å². The molecule has 3 rings (SSSR count). The first-order valence-corrected chi connectivity index (χ1v) is 11.2. The number of hydrogen-bond acceptors (Lipinski definition) is 5. The van der Waals surface area contributed by atoms with Gasteiger partial charge in [0.2, 0.25) is 5.91 Å². The van der Waals surface area contributed by atoms with E-state index in [0.29, 0.717) is 43.3 Å². The normalized spacial score (nSPS) is 13.7. The van der Waals surface area contributed by atoms with E-state index in [4.69, 9.17) is 14.2 Å². The van der Waals surface area contributed by atoms with Gasteiger partial charge in [-0.3, -0.25) is 9.59 Å². The third-order valence-electron chi connectivity index (χ3n) is 5.25. The largest absolute Gasteiger partial charge is 0.490 e. The van der Waals surface area contributed by atoms with Crippen LogP contribution in [0.5, 0.6) is 17.2 Å². The van der Waals surface area contributed by atoms with Crippen LogP contribution in [-0.2, 0) is 16.0 Å². The second-order valence-corrected chi connectivity index (χ2v) is 8.02. The van der Waals surface area contributed by atoms with Gasteiger partial charge in [0.1, 0.15) is 5.75 Å². The number of rotatable bonds is 10. The summed E-state index contributed by atoms with van der Waals surface area (Å²) >= 11 is 0. The molecule has 32 heavy (non-hydrogen) atoms. The van der Waals surface area contributed by atoms with Crippen molar-refractivity contribution in [3.8, 4) is 17.2 Å². The van der Waals surface area contributed by atoms with Gasteiger partial charge < -0.3 is 24.8 Å². The van der Waals surface area contributed by atoms with Crippen LogP contribution >= 0.6 is 0 Å². The average molecular weight is 441 g/mol. The number of nitrogens with one attached hydrogen (secondary N) is 2. The smallest absolute Gasteiger partial charge is 0.258 e. The molecule has 0 aliphatic carbocycles. The van der Waals surface area contributed by atoms with Crippen LogP contribution in [-0.4, -0.2) is 31.6 Å². The van der Waals surface area contributed by atoms with Gasteiger partial charge in [0, 0.05) is 12.1 Å². The molecule has 0 saturated heterocycles. The number of carbonyl (C=O) groups is 2. The van der Waals surface area contributed by atoms with Gasteiger partial charge in [-0.1, -0.05) is 19.9 Å². The van der Waals surface area contributed by atoms with Gasteiger partial charge in [0.05, 0.1) is 19.3 Å². The number of anilines is 1. The van der Waals surface area contributed by atoms with Gasteiger partial charge in [-0.2, -0.15) is 0 Å². The molecule has 172 valence electrons. The highest BCUT2D eigenvalue weighted by Gasteiger charge is 2.21. The SMILES string of the molecule is CCOc1ccc(C(NC(=O)COc2ccc3c(c2)CCC(=O)N3)C(C)C)cc1OCC. The van der Waals surface area contributed by atoms with E-state index in [0.717, 1.165) is 16.8 Å². The number of benzene rings is 2.